The van der Waals surface area contributed by atoms with Crippen molar-refractivity contribution in [2.24, 2.45) is 0 Å². The minimum Gasteiger partial charge on any atom is -0.455 e. The molecule has 148 valence electrons. The van der Waals surface area contributed by atoms with E-state index in [9.17, 15) is 23.2 Å². The smallest absolute Gasteiger partial charge is 0.316 e. The van der Waals surface area contributed by atoms with Crippen LogP contribution in [0.5, 0.6) is 0 Å². The van der Waals surface area contributed by atoms with Crippen LogP contribution in [0.3, 0.4) is 0 Å². The molecule has 0 aliphatic heterocycles. The third-order valence-electron chi connectivity index (χ3n) is 3.18. The molecule has 0 saturated heterocycles. The van der Waals surface area contributed by atoms with Gasteiger partial charge in [-0.3, -0.25) is 14.4 Å². The lowest BCUT2D eigenvalue weighted by atomic mass is 10.3. The summed E-state index contributed by atoms with van der Waals surface area (Å²) in [6.45, 7) is -0.965. The number of thioether (sulfide) groups is 1. The minimum absolute atomic E-state index is 0.00549. The lowest BCUT2D eigenvalue weighted by Crippen LogP contribution is -2.35. The molecule has 2 amide bonds. The number of rotatable bonds is 8. The minimum atomic E-state index is -1.11. The zero-order valence-corrected chi connectivity index (χ0v) is 15.9. The van der Waals surface area contributed by atoms with Gasteiger partial charge in [0.1, 0.15) is 0 Å². The molecule has 2 aromatic rings. The van der Waals surface area contributed by atoms with Crippen LogP contribution in [0.15, 0.2) is 47.4 Å². The van der Waals surface area contributed by atoms with Crippen LogP contribution in [0.2, 0.25) is 5.02 Å². The van der Waals surface area contributed by atoms with Crippen LogP contribution in [-0.2, 0) is 19.1 Å². The van der Waals surface area contributed by atoms with Crippen molar-refractivity contribution in [2.75, 3.05) is 24.2 Å². The molecule has 0 aliphatic carbocycles. The third kappa shape index (κ3) is 7.53. The predicted molar refractivity (Wildman–Crippen MR) is 101 cm³/mol. The number of amides is 2. The molecule has 0 atom stereocenters. The largest absolute Gasteiger partial charge is 0.455 e. The van der Waals surface area contributed by atoms with E-state index >= 15 is 0 Å². The van der Waals surface area contributed by atoms with Crippen molar-refractivity contribution in [3.8, 4) is 0 Å². The zero-order chi connectivity index (χ0) is 20.5. The van der Waals surface area contributed by atoms with Crippen molar-refractivity contribution in [3.05, 3.63) is 59.1 Å². The third-order valence-corrected chi connectivity index (χ3v) is 4.42. The maximum Gasteiger partial charge on any atom is 0.316 e. The van der Waals surface area contributed by atoms with Gasteiger partial charge in [0.15, 0.2) is 18.2 Å². The van der Waals surface area contributed by atoms with Crippen LogP contribution in [0, 0.1) is 11.6 Å². The van der Waals surface area contributed by atoms with Crippen molar-refractivity contribution in [1.29, 1.82) is 0 Å². The van der Waals surface area contributed by atoms with E-state index in [1.165, 1.54) is 17.8 Å². The molecule has 0 spiro atoms. The Labute approximate surface area is 168 Å². The summed E-state index contributed by atoms with van der Waals surface area (Å²) in [7, 11) is 0. The summed E-state index contributed by atoms with van der Waals surface area (Å²) in [6.07, 6.45) is 0. The Hall–Kier alpha value is -2.65. The molecule has 0 heterocycles. The van der Waals surface area contributed by atoms with Gasteiger partial charge in [-0.25, -0.2) is 8.78 Å². The number of hydrogen-bond acceptors (Lipinski definition) is 5. The first-order chi connectivity index (χ1) is 13.3. The van der Waals surface area contributed by atoms with Gasteiger partial charge in [-0.15, -0.1) is 11.8 Å². The number of esters is 1. The highest BCUT2D eigenvalue weighted by Crippen LogP contribution is 2.20. The number of ether oxygens (including phenoxy) is 1. The van der Waals surface area contributed by atoms with Gasteiger partial charge in [0.05, 0.1) is 12.3 Å². The summed E-state index contributed by atoms with van der Waals surface area (Å²) in [6, 6.07) is 9.73. The van der Waals surface area contributed by atoms with Crippen molar-refractivity contribution >= 4 is 46.8 Å². The summed E-state index contributed by atoms with van der Waals surface area (Å²) in [4.78, 5) is 35.7. The summed E-state index contributed by atoms with van der Waals surface area (Å²) < 4.78 is 30.7. The first-order valence-electron chi connectivity index (χ1n) is 7.89. The van der Waals surface area contributed by atoms with Crippen molar-refractivity contribution < 1.29 is 27.9 Å². The summed E-state index contributed by atoms with van der Waals surface area (Å²) in [5.41, 5.74) is 0.0452. The lowest BCUT2D eigenvalue weighted by molar-refractivity contribution is -0.146. The second kappa shape index (κ2) is 10.6. The first kappa shape index (κ1) is 21.6. The average molecular weight is 429 g/mol. The summed E-state index contributed by atoms with van der Waals surface area (Å²) in [5, 5.41) is 5.12. The Morgan fingerprint density at radius 1 is 1.00 bits per heavy atom. The topological polar surface area (TPSA) is 84.5 Å². The maximum absolute atomic E-state index is 13.1. The van der Waals surface area contributed by atoms with Crippen molar-refractivity contribution in [1.82, 2.24) is 5.32 Å². The molecule has 0 radical (unpaired) electrons. The molecule has 0 aromatic heterocycles. The Bertz CT molecular complexity index is 865. The molecule has 0 aliphatic rings. The molecule has 6 nitrogen and oxygen atoms in total. The van der Waals surface area contributed by atoms with E-state index in [4.69, 9.17) is 16.3 Å². The lowest BCUT2D eigenvalue weighted by Gasteiger charge is -2.08. The van der Waals surface area contributed by atoms with Crippen LogP contribution in [0.1, 0.15) is 0 Å². The predicted octanol–water partition coefficient (Wildman–Crippen LogP) is 3.01. The van der Waals surface area contributed by atoms with Gasteiger partial charge in [-0.2, -0.15) is 0 Å². The Kier molecular flexibility index (Phi) is 8.21. The van der Waals surface area contributed by atoms with Gasteiger partial charge in [0.2, 0.25) is 5.91 Å². The fraction of sp³-hybridized carbons (Fsp3) is 0.167. The number of hydrogen-bond donors (Lipinski definition) is 2. The number of anilines is 1. The van der Waals surface area contributed by atoms with Gasteiger partial charge in [0.25, 0.3) is 5.91 Å². The summed E-state index contributed by atoms with van der Waals surface area (Å²) >= 11 is 6.99. The number of carbonyl (C=O) groups is 3. The van der Waals surface area contributed by atoms with E-state index in [0.29, 0.717) is 5.02 Å². The van der Waals surface area contributed by atoms with E-state index < -0.39 is 42.6 Å². The zero-order valence-electron chi connectivity index (χ0n) is 14.3. The summed E-state index contributed by atoms with van der Waals surface area (Å²) in [5.74, 6) is -4.06. The Morgan fingerprint density at radius 2 is 1.71 bits per heavy atom. The Morgan fingerprint density at radius 3 is 2.39 bits per heavy atom. The van der Waals surface area contributed by atoms with Crippen LogP contribution in [0.4, 0.5) is 14.5 Å². The second-order valence-electron chi connectivity index (χ2n) is 5.36. The van der Waals surface area contributed by atoms with Gasteiger partial charge in [0, 0.05) is 21.7 Å². The number of benzene rings is 2. The molecule has 0 fully saturated rings. The van der Waals surface area contributed by atoms with E-state index in [1.54, 1.807) is 24.3 Å². The van der Waals surface area contributed by atoms with Gasteiger partial charge in [-0.05, 0) is 36.4 Å². The fourth-order valence-electron chi connectivity index (χ4n) is 1.87. The van der Waals surface area contributed by atoms with Gasteiger partial charge in [-0.1, -0.05) is 11.6 Å². The SMILES string of the molecule is O=C(COC(=O)CSc1ccc(Cl)cc1)NCC(=O)Nc1ccc(F)c(F)c1. The highest BCUT2D eigenvalue weighted by molar-refractivity contribution is 8.00. The molecule has 28 heavy (non-hydrogen) atoms. The maximum atomic E-state index is 13.1. The molecular formula is C18H15ClF2N2O4S. The Balaban J connectivity index is 1.64. The van der Waals surface area contributed by atoms with E-state index in [2.05, 4.69) is 10.6 Å². The molecule has 10 heteroatoms. The molecule has 2 N–H and O–H groups in total. The van der Waals surface area contributed by atoms with E-state index in [1.807, 2.05) is 0 Å². The normalized spacial score (nSPS) is 10.2. The van der Waals surface area contributed by atoms with Crippen LogP contribution in [0.25, 0.3) is 0 Å². The molecule has 0 saturated carbocycles. The van der Waals surface area contributed by atoms with Crippen LogP contribution >= 0.6 is 23.4 Å². The van der Waals surface area contributed by atoms with Gasteiger partial charge >= 0.3 is 5.97 Å². The average Bonchev–Trinajstić information content (AvgIpc) is 2.67. The number of halogens is 3. The monoisotopic (exact) mass is 428 g/mol. The molecule has 2 rings (SSSR count). The van der Waals surface area contributed by atoms with E-state index in [0.717, 1.165) is 17.0 Å². The number of nitrogens with one attached hydrogen (secondary N) is 2. The number of carbonyl (C=O) groups excluding carboxylic acids is 3. The highest BCUT2D eigenvalue weighted by atomic mass is 35.5. The standard InChI is InChI=1S/C18H15ClF2N2O4S/c19-11-1-4-13(5-2-11)28-10-18(26)27-9-17(25)22-8-16(24)23-12-3-6-14(20)15(21)7-12/h1-7H,8-10H2,(H,22,25)(H,23,24). The molecule has 0 unspecified atom stereocenters. The molecule has 0 bridgehead atoms. The molecule has 2 aromatic carbocycles. The van der Waals surface area contributed by atoms with Crippen molar-refractivity contribution in [2.45, 2.75) is 4.90 Å². The van der Waals surface area contributed by atoms with Crippen LogP contribution < -0.4 is 10.6 Å². The van der Waals surface area contributed by atoms with Gasteiger partial charge < -0.3 is 15.4 Å². The first-order valence-corrected chi connectivity index (χ1v) is 9.25. The van der Waals surface area contributed by atoms with Crippen molar-refractivity contribution in [3.63, 3.8) is 0 Å². The van der Waals surface area contributed by atoms with E-state index in [-0.39, 0.29) is 11.4 Å². The van der Waals surface area contributed by atoms with Crippen LogP contribution in [-0.4, -0.2) is 36.7 Å². The molecular weight excluding hydrogens is 414 g/mol. The quantitative estimate of drug-likeness (QED) is 0.499. The second-order valence-corrected chi connectivity index (χ2v) is 6.84. The fourth-order valence-corrected chi connectivity index (χ4v) is 2.69. The highest BCUT2D eigenvalue weighted by Gasteiger charge is 2.11.